The van der Waals surface area contributed by atoms with Gasteiger partial charge in [0.2, 0.25) is 0 Å². The molecule has 1 fully saturated rings. The highest BCUT2D eigenvalue weighted by Crippen LogP contribution is 2.31. The molecule has 0 saturated heterocycles. The van der Waals surface area contributed by atoms with Crippen molar-refractivity contribution in [3.63, 3.8) is 0 Å². The molecule has 2 aromatic heterocycles. The van der Waals surface area contributed by atoms with Gasteiger partial charge in [0.05, 0.1) is 23.3 Å². The number of carbonyl (C=O) groups is 1. The summed E-state index contributed by atoms with van der Waals surface area (Å²) >= 11 is 0. The number of nitrogens with zero attached hydrogens (tertiary/aromatic N) is 3. The van der Waals surface area contributed by atoms with Gasteiger partial charge in [-0.2, -0.15) is 0 Å². The fourth-order valence-electron chi connectivity index (χ4n) is 3.38. The topological polar surface area (TPSA) is 88.0 Å². The van der Waals surface area contributed by atoms with Gasteiger partial charge in [0, 0.05) is 18.4 Å². The number of carbonyl (C=O) groups excluding carboxylic acids is 1. The van der Waals surface area contributed by atoms with Crippen LogP contribution in [0.3, 0.4) is 0 Å². The number of aromatic nitrogens is 3. The van der Waals surface area contributed by atoms with Crippen molar-refractivity contribution in [2.45, 2.75) is 31.4 Å². The molecule has 1 amide bonds. The van der Waals surface area contributed by atoms with Gasteiger partial charge in [-0.3, -0.25) is 14.8 Å². The first-order valence-electron chi connectivity index (χ1n) is 8.78. The van der Waals surface area contributed by atoms with Crippen molar-refractivity contribution in [3.05, 3.63) is 66.2 Å². The number of benzene rings is 1. The number of amides is 1. The Labute approximate surface area is 151 Å². The van der Waals surface area contributed by atoms with E-state index in [1.165, 1.54) is 6.20 Å². The third kappa shape index (κ3) is 3.55. The van der Waals surface area contributed by atoms with E-state index >= 15 is 0 Å². The molecule has 4 rings (SSSR count). The minimum Gasteiger partial charge on any atom is -0.393 e. The van der Waals surface area contributed by atoms with Crippen molar-refractivity contribution in [1.82, 2.24) is 20.3 Å². The third-order valence-corrected chi connectivity index (χ3v) is 4.92. The number of aliphatic hydroxyl groups excluding tert-OH is 1. The van der Waals surface area contributed by atoms with E-state index in [0.717, 1.165) is 11.1 Å². The molecule has 26 heavy (non-hydrogen) atoms. The number of aliphatic hydroxyl groups is 1. The Balaban J connectivity index is 1.52. The summed E-state index contributed by atoms with van der Waals surface area (Å²) in [7, 11) is 0. The second-order valence-electron chi connectivity index (χ2n) is 6.77. The van der Waals surface area contributed by atoms with Gasteiger partial charge in [-0.25, -0.2) is 4.98 Å². The largest absolute Gasteiger partial charge is 0.393 e. The summed E-state index contributed by atoms with van der Waals surface area (Å²) in [6, 6.07) is 11.3. The van der Waals surface area contributed by atoms with Crippen molar-refractivity contribution in [3.8, 4) is 0 Å². The van der Waals surface area contributed by atoms with Gasteiger partial charge >= 0.3 is 0 Å². The average Bonchev–Trinajstić information content (AvgIpc) is 2.65. The van der Waals surface area contributed by atoms with Crippen molar-refractivity contribution in [1.29, 1.82) is 0 Å². The normalized spacial score (nSPS) is 20.3. The molecule has 0 spiro atoms. The number of hydrogen-bond donors (Lipinski definition) is 2. The fraction of sp³-hybridized carbons (Fsp3) is 0.300. The summed E-state index contributed by atoms with van der Waals surface area (Å²) in [6.07, 6.45) is 6.86. The zero-order valence-electron chi connectivity index (χ0n) is 14.2. The lowest BCUT2D eigenvalue weighted by Gasteiger charge is -2.38. The van der Waals surface area contributed by atoms with Gasteiger partial charge in [0.25, 0.3) is 5.91 Å². The molecule has 2 heterocycles. The van der Waals surface area contributed by atoms with Crippen molar-refractivity contribution < 1.29 is 9.90 Å². The van der Waals surface area contributed by atoms with Crippen molar-refractivity contribution in [2.75, 3.05) is 0 Å². The highest BCUT2D eigenvalue weighted by atomic mass is 16.3. The van der Waals surface area contributed by atoms with Crippen LogP contribution in [0.15, 0.2) is 55.0 Å². The highest BCUT2D eigenvalue weighted by molar-refractivity contribution is 5.94. The maximum Gasteiger partial charge on any atom is 0.271 e. The van der Waals surface area contributed by atoms with Gasteiger partial charge in [-0.15, -0.1) is 0 Å². The number of pyridine rings is 1. The molecule has 1 aromatic carbocycles. The quantitative estimate of drug-likeness (QED) is 0.737. The van der Waals surface area contributed by atoms with Crippen LogP contribution in [-0.4, -0.2) is 38.1 Å². The lowest BCUT2D eigenvalue weighted by Crippen LogP contribution is -2.48. The van der Waals surface area contributed by atoms with E-state index in [0.29, 0.717) is 30.5 Å². The molecule has 1 atom stereocenters. The van der Waals surface area contributed by atoms with Crippen LogP contribution < -0.4 is 5.32 Å². The zero-order chi connectivity index (χ0) is 17.9. The number of hydrogen-bond acceptors (Lipinski definition) is 5. The predicted octanol–water partition coefficient (Wildman–Crippen LogP) is 2.14. The van der Waals surface area contributed by atoms with Crippen LogP contribution >= 0.6 is 0 Å². The molecule has 6 nitrogen and oxygen atoms in total. The van der Waals surface area contributed by atoms with Crippen LogP contribution in [0.1, 0.15) is 28.9 Å². The number of nitrogens with one attached hydrogen (secondary N) is 1. The summed E-state index contributed by atoms with van der Waals surface area (Å²) in [5.74, 6) is 0.0271. The Hall–Kier alpha value is -2.86. The van der Waals surface area contributed by atoms with Crippen LogP contribution in [0.25, 0.3) is 11.0 Å². The van der Waals surface area contributed by atoms with E-state index in [1.54, 1.807) is 12.4 Å². The molecule has 6 heteroatoms. The first kappa shape index (κ1) is 16.6. The Morgan fingerprint density at radius 2 is 1.88 bits per heavy atom. The van der Waals surface area contributed by atoms with Gasteiger partial charge in [0.15, 0.2) is 0 Å². The second kappa shape index (κ2) is 7.17. The summed E-state index contributed by atoms with van der Waals surface area (Å²) in [4.78, 5) is 25.5. The lowest BCUT2D eigenvalue weighted by atomic mass is 9.75. The summed E-state index contributed by atoms with van der Waals surface area (Å²) < 4.78 is 0. The Bertz CT molecular complexity index is 910. The van der Waals surface area contributed by atoms with Crippen LogP contribution in [0.5, 0.6) is 0 Å². The summed E-state index contributed by atoms with van der Waals surface area (Å²) in [5.41, 5.74) is 2.88. The van der Waals surface area contributed by atoms with Crippen molar-refractivity contribution >= 4 is 16.9 Å². The van der Waals surface area contributed by atoms with Crippen LogP contribution in [0.4, 0.5) is 0 Å². The standard InChI is InChI=1S/C20H20N4O2/c25-15-10-14(11-15)18(9-13-5-7-21-8-6-13)24-20(26)19-12-22-16-3-1-2-4-17(16)23-19/h1-8,12,14-15,18,25H,9-11H2,(H,24,26)/t14?,15?,18-/m0/s1. The van der Waals surface area contributed by atoms with Crippen molar-refractivity contribution in [2.24, 2.45) is 5.92 Å². The Morgan fingerprint density at radius 3 is 2.62 bits per heavy atom. The smallest absolute Gasteiger partial charge is 0.271 e. The SMILES string of the molecule is O=C(N[C@@H](Cc1ccncc1)C1CC(O)C1)c1cnc2ccccc2n1. The van der Waals surface area contributed by atoms with E-state index < -0.39 is 0 Å². The van der Waals surface area contributed by atoms with Gasteiger partial charge in [-0.05, 0) is 55.0 Å². The molecule has 132 valence electrons. The monoisotopic (exact) mass is 348 g/mol. The molecule has 2 N–H and O–H groups in total. The highest BCUT2D eigenvalue weighted by Gasteiger charge is 2.35. The average molecular weight is 348 g/mol. The zero-order valence-corrected chi connectivity index (χ0v) is 14.2. The Kier molecular flexibility index (Phi) is 4.58. The van der Waals surface area contributed by atoms with E-state index in [-0.39, 0.29) is 24.0 Å². The molecular formula is C20H20N4O2. The molecule has 3 aromatic rings. The van der Waals surface area contributed by atoms with E-state index in [4.69, 9.17) is 0 Å². The third-order valence-electron chi connectivity index (χ3n) is 4.92. The second-order valence-corrected chi connectivity index (χ2v) is 6.77. The maximum atomic E-state index is 12.7. The molecular weight excluding hydrogens is 328 g/mol. The van der Waals surface area contributed by atoms with Gasteiger partial charge in [-0.1, -0.05) is 12.1 Å². The number of rotatable bonds is 5. The molecule has 1 aliphatic carbocycles. The molecule has 0 aliphatic heterocycles. The van der Waals surface area contributed by atoms with E-state index in [1.807, 2.05) is 36.4 Å². The molecule has 0 unspecified atom stereocenters. The Morgan fingerprint density at radius 1 is 1.15 bits per heavy atom. The number of fused-ring (bicyclic) bond motifs is 1. The van der Waals surface area contributed by atoms with Crippen LogP contribution in [0.2, 0.25) is 0 Å². The first-order valence-corrected chi connectivity index (χ1v) is 8.78. The molecule has 1 aliphatic rings. The molecule has 1 saturated carbocycles. The molecule has 0 radical (unpaired) electrons. The number of para-hydroxylation sites is 2. The summed E-state index contributed by atoms with van der Waals surface area (Å²) in [6.45, 7) is 0. The van der Waals surface area contributed by atoms with Gasteiger partial charge in [0.1, 0.15) is 5.69 Å². The minimum absolute atomic E-state index is 0.0541. The maximum absolute atomic E-state index is 12.7. The predicted molar refractivity (Wildman–Crippen MR) is 97.5 cm³/mol. The lowest BCUT2D eigenvalue weighted by molar-refractivity contribution is 0.0239. The fourth-order valence-corrected chi connectivity index (χ4v) is 3.38. The van der Waals surface area contributed by atoms with Gasteiger partial charge < -0.3 is 10.4 Å². The first-order chi connectivity index (χ1) is 12.7. The minimum atomic E-state index is -0.266. The molecule has 0 bridgehead atoms. The summed E-state index contributed by atoms with van der Waals surface area (Å²) in [5, 5.41) is 12.8. The van der Waals surface area contributed by atoms with Crippen LogP contribution in [-0.2, 0) is 6.42 Å². The van der Waals surface area contributed by atoms with E-state index in [2.05, 4.69) is 20.3 Å². The van der Waals surface area contributed by atoms with E-state index in [9.17, 15) is 9.90 Å². The van der Waals surface area contributed by atoms with Crippen LogP contribution in [0, 0.1) is 5.92 Å².